The number of nitrogens with zero attached hydrogens (tertiary/aromatic N) is 2. The number of nitrogens with one attached hydrogen (secondary N) is 2. The van der Waals surface area contributed by atoms with Gasteiger partial charge in [0.2, 0.25) is 5.82 Å². The summed E-state index contributed by atoms with van der Waals surface area (Å²) in [5.74, 6) is -0.438. The monoisotopic (exact) mass is 232 g/mol. The van der Waals surface area contributed by atoms with Gasteiger partial charge in [-0.25, -0.2) is 9.48 Å². The van der Waals surface area contributed by atoms with Gasteiger partial charge in [0.05, 0.1) is 0 Å². The second kappa shape index (κ2) is 4.25. The fourth-order valence-electron chi connectivity index (χ4n) is 1.42. The van der Waals surface area contributed by atoms with Gasteiger partial charge in [0, 0.05) is 12.7 Å². The van der Waals surface area contributed by atoms with Gasteiger partial charge in [-0.05, 0) is 24.6 Å². The van der Waals surface area contributed by atoms with Crippen molar-refractivity contribution in [3.05, 3.63) is 46.1 Å². The van der Waals surface area contributed by atoms with E-state index in [2.05, 4.69) is 15.4 Å². The van der Waals surface area contributed by atoms with Gasteiger partial charge < -0.3 is 5.32 Å². The largest absolute Gasteiger partial charge is 0.343 e. The lowest BCUT2D eigenvalue weighted by molar-refractivity contribution is 0.101. The van der Waals surface area contributed by atoms with E-state index in [1.54, 1.807) is 6.07 Å². The number of aromatic nitrogens is 3. The van der Waals surface area contributed by atoms with Gasteiger partial charge in [-0.15, -0.1) is 5.10 Å². The lowest BCUT2D eigenvalue weighted by Crippen LogP contribution is -2.15. The minimum Gasteiger partial charge on any atom is -0.319 e. The summed E-state index contributed by atoms with van der Waals surface area (Å²) < 4.78 is 1.07. The molecule has 0 radical (unpaired) electrons. The number of H-pyrrole nitrogens is 1. The lowest BCUT2D eigenvalue weighted by atomic mass is 10.2. The van der Waals surface area contributed by atoms with E-state index in [1.165, 1.54) is 7.05 Å². The molecule has 0 bridgehead atoms. The molecule has 0 aliphatic rings. The highest BCUT2D eigenvalue weighted by Crippen LogP contribution is 2.09. The van der Waals surface area contributed by atoms with Crippen molar-refractivity contribution in [1.82, 2.24) is 14.8 Å². The van der Waals surface area contributed by atoms with Crippen LogP contribution in [0.5, 0.6) is 0 Å². The van der Waals surface area contributed by atoms with Crippen LogP contribution in [-0.4, -0.2) is 20.7 Å². The van der Waals surface area contributed by atoms with Crippen molar-refractivity contribution in [3.63, 3.8) is 0 Å². The zero-order chi connectivity index (χ0) is 12.4. The Kier molecular flexibility index (Phi) is 2.78. The first-order valence-electron chi connectivity index (χ1n) is 5.07. The number of benzene rings is 1. The zero-order valence-electron chi connectivity index (χ0n) is 9.52. The summed E-state index contributed by atoms with van der Waals surface area (Å²) in [6, 6.07) is 7.37. The maximum absolute atomic E-state index is 11.7. The highest BCUT2D eigenvalue weighted by atomic mass is 16.2. The molecule has 0 aliphatic heterocycles. The van der Waals surface area contributed by atoms with Crippen LogP contribution in [-0.2, 0) is 7.05 Å². The Bertz CT molecular complexity index is 612. The number of hydrogen-bond acceptors (Lipinski definition) is 3. The van der Waals surface area contributed by atoms with Crippen molar-refractivity contribution >= 4 is 11.6 Å². The molecule has 1 aromatic heterocycles. The van der Waals surface area contributed by atoms with E-state index in [9.17, 15) is 9.59 Å². The van der Waals surface area contributed by atoms with E-state index in [4.69, 9.17) is 0 Å². The molecular weight excluding hydrogens is 220 g/mol. The molecule has 1 aromatic carbocycles. The third kappa shape index (κ3) is 2.41. The molecule has 6 heteroatoms. The van der Waals surface area contributed by atoms with E-state index in [1.807, 2.05) is 25.1 Å². The van der Waals surface area contributed by atoms with Gasteiger partial charge in [-0.1, -0.05) is 12.1 Å². The summed E-state index contributed by atoms with van der Waals surface area (Å²) >= 11 is 0. The number of aryl methyl sites for hydroxylation is 2. The van der Waals surface area contributed by atoms with E-state index in [-0.39, 0.29) is 5.82 Å². The summed E-state index contributed by atoms with van der Waals surface area (Å²) in [6.07, 6.45) is 0. The van der Waals surface area contributed by atoms with Crippen LogP contribution in [0.15, 0.2) is 29.1 Å². The topological polar surface area (TPSA) is 79.8 Å². The molecule has 6 nitrogen and oxygen atoms in total. The molecule has 0 unspecified atom stereocenters. The average Bonchev–Trinajstić information content (AvgIpc) is 2.59. The third-order valence-corrected chi connectivity index (χ3v) is 2.26. The first-order chi connectivity index (χ1) is 8.06. The molecule has 88 valence electrons. The molecule has 2 aromatic rings. The van der Waals surface area contributed by atoms with Gasteiger partial charge in [-0.2, -0.15) is 0 Å². The van der Waals surface area contributed by atoms with Gasteiger partial charge in [0.15, 0.2) is 0 Å². The number of aromatic amines is 1. The third-order valence-electron chi connectivity index (χ3n) is 2.26. The summed E-state index contributed by atoms with van der Waals surface area (Å²) in [6.45, 7) is 1.93. The Morgan fingerprint density at radius 3 is 2.82 bits per heavy atom. The van der Waals surface area contributed by atoms with Crippen LogP contribution in [0.25, 0.3) is 0 Å². The van der Waals surface area contributed by atoms with E-state index >= 15 is 0 Å². The maximum Gasteiger partial charge on any atom is 0.343 e. The average molecular weight is 232 g/mol. The molecule has 0 fully saturated rings. The molecular formula is C11H12N4O2. The Balaban J connectivity index is 2.20. The number of amides is 1. The zero-order valence-corrected chi connectivity index (χ0v) is 9.52. The normalized spacial score (nSPS) is 10.2. The lowest BCUT2D eigenvalue weighted by Gasteiger charge is -2.03. The van der Waals surface area contributed by atoms with Crippen molar-refractivity contribution in [2.45, 2.75) is 6.92 Å². The van der Waals surface area contributed by atoms with Crippen molar-refractivity contribution in [2.24, 2.45) is 7.05 Å². The van der Waals surface area contributed by atoms with Crippen LogP contribution in [0, 0.1) is 6.92 Å². The van der Waals surface area contributed by atoms with E-state index in [0.29, 0.717) is 5.69 Å². The van der Waals surface area contributed by atoms with Crippen LogP contribution in [0.3, 0.4) is 0 Å². The summed E-state index contributed by atoms with van der Waals surface area (Å²) in [4.78, 5) is 25.2. The quantitative estimate of drug-likeness (QED) is 0.798. The van der Waals surface area contributed by atoms with Crippen molar-refractivity contribution in [2.75, 3.05) is 5.32 Å². The van der Waals surface area contributed by atoms with Gasteiger partial charge in [-0.3, -0.25) is 9.78 Å². The van der Waals surface area contributed by atoms with Crippen LogP contribution < -0.4 is 11.0 Å². The number of hydrogen-bond donors (Lipinski definition) is 2. The summed E-state index contributed by atoms with van der Waals surface area (Å²) in [7, 11) is 1.47. The second-order valence-electron chi connectivity index (χ2n) is 3.73. The molecule has 0 atom stereocenters. The van der Waals surface area contributed by atoms with Gasteiger partial charge in [0.1, 0.15) is 0 Å². The maximum atomic E-state index is 11.7. The number of anilines is 1. The van der Waals surface area contributed by atoms with Crippen LogP contribution in [0.4, 0.5) is 5.69 Å². The molecule has 0 saturated carbocycles. The Hall–Kier alpha value is -2.37. The summed E-state index contributed by atoms with van der Waals surface area (Å²) in [5, 5.41) is 6.42. The molecule has 0 spiro atoms. The number of rotatable bonds is 2. The SMILES string of the molecule is Cc1cccc(NC(=O)c2nn(C)c(=O)[nH]2)c1. The molecule has 0 aliphatic carbocycles. The van der Waals surface area contributed by atoms with Crippen molar-refractivity contribution in [3.8, 4) is 0 Å². The molecule has 1 heterocycles. The Morgan fingerprint density at radius 1 is 1.47 bits per heavy atom. The van der Waals surface area contributed by atoms with Crippen LogP contribution in [0.2, 0.25) is 0 Å². The molecule has 17 heavy (non-hydrogen) atoms. The first kappa shape index (κ1) is 11.1. The Labute approximate surface area is 97.3 Å². The first-order valence-corrected chi connectivity index (χ1v) is 5.07. The van der Waals surface area contributed by atoms with E-state index < -0.39 is 11.6 Å². The van der Waals surface area contributed by atoms with E-state index in [0.717, 1.165) is 10.2 Å². The highest BCUT2D eigenvalue weighted by Gasteiger charge is 2.11. The van der Waals surface area contributed by atoms with Crippen molar-refractivity contribution in [1.29, 1.82) is 0 Å². The molecule has 1 amide bonds. The number of carbonyl (C=O) groups excluding carboxylic acids is 1. The molecule has 0 saturated heterocycles. The smallest absolute Gasteiger partial charge is 0.319 e. The minimum absolute atomic E-state index is 0.000920. The predicted octanol–water partition coefficient (Wildman–Crippen LogP) is 0.669. The fourth-order valence-corrected chi connectivity index (χ4v) is 1.42. The van der Waals surface area contributed by atoms with Crippen LogP contribution >= 0.6 is 0 Å². The minimum atomic E-state index is -0.437. The standard InChI is InChI=1S/C11H12N4O2/c1-7-4-3-5-8(6-7)12-10(16)9-13-11(17)15(2)14-9/h3-6H,1-2H3,(H,12,16)(H,13,14,17). The molecule has 2 rings (SSSR count). The molecule has 2 N–H and O–H groups in total. The number of carbonyl (C=O) groups is 1. The fraction of sp³-hybridized carbons (Fsp3) is 0.182. The van der Waals surface area contributed by atoms with Crippen LogP contribution in [0.1, 0.15) is 16.2 Å². The highest BCUT2D eigenvalue weighted by molar-refractivity contribution is 6.01. The predicted molar refractivity (Wildman–Crippen MR) is 63.0 cm³/mol. The second-order valence-corrected chi connectivity index (χ2v) is 3.73. The van der Waals surface area contributed by atoms with Crippen molar-refractivity contribution < 1.29 is 4.79 Å². The Morgan fingerprint density at radius 2 is 2.24 bits per heavy atom. The van der Waals surface area contributed by atoms with Gasteiger partial charge >= 0.3 is 5.69 Å². The van der Waals surface area contributed by atoms with Gasteiger partial charge in [0.25, 0.3) is 5.91 Å². The summed E-state index contributed by atoms with van der Waals surface area (Å²) in [5.41, 5.74) is 1.29.